The van der Waals surface area contributed by atoms with Crippen molar-refractivity contribution in [3.63, 3.8) is 0 Å². The Morgan fingerprint density at radius 2 is 1.79 bits per heavy atom. The van der Waals surface area contributed by atoms with Crippen molar-refractivity contribution < 1.29 is 14.3 Å². The summed E-state index contributed by atoms with van der Waals surface area (Å²) in [6.07, 6.45) is 0. The summed E-state index contributed by atoms with van der Waals surface area (Å²) < 4.78 is 10.4. The van der Waals surface area contributed by atoms with Gasteiger partial charge in [0.1, 0.15) is 16.5 Å². The number of nitrogens with zero attached hydrogens (tertiary/aromatic N) is 3. The van der Waals surface area contributed by atoms with Crippen LogP contribution in [-0.2, 0) is 13.1 Å². The number of rotatable bonds is 8. The lowest BCUT2D eigenvalue weighted by atomic mass is 10.2. The Balaban J connectivity index is 1.57. The number of hydrogen-bond acceptors (Lipinski definition) is 7. The van der Waals surface area contributed by atoms with Crippen LogP contribution in [0, 0.1) is 0 Å². The SMILES string of the molecule is COc1ccc(NC(=O)c2nnc(CN(C)Cc3cccc(OC)c3)s2)cc1. The van der Waals surface area contributed by atoms with Crippen LogP contribution in [0.15, 0.2) is 48.5 Å². The number of carbonyl (C=O) groups excluding carboxylic acids is 1. The molecule has 0 saturated carbocycles. The van der Waals surface area contributed by atoms with Crippen LogP contribution >= 0.6 is 11.3 Å². The van der Waals surface area contributed by atoms with Crippen LogP contribution in [0.4, 0.5) is 5.69 Å². The topological polar surface area (TPSA) is 76.6 Å². The number of benzene rings is 2. The molecular weight excluding hydrogens is 376 g/mol. The summed E-state index contributed by atoms with van der Waals surface area (Å²) in [4.78, 5) is 14.5. The van der Waals surface area contributed by atoms with Gasteiger partial charge >= 0.3 is 0 Å². The van der Waals surface area contributed by atoms with Crippen LogP contribution in [0.5, 0.6) is 11.5 Å². The van der Waals surface area contributed by atoms with E-state index < -0.39 is 0 Å². The van der Waals surface area contributed by atoms with E-state index in [4.69, 9.17) is 9.47 Å². The van der Waals surface area contributed by atoms with Gasteiger partial charge in [-0.25, -0.2) is 0 Å². The molecule has 0 fully saturated rings. The maximum Gasteiger partial charge on any atom is 0.286 e. The molecule has 0 spiro atoms. The van der Waals surface area contributed by atoms with Crippen molar-refractivity contribution in [3.8, 4) is 11.5 Å². The molecule has 7 nitrogen and oxygen atoms in total. The first-order chi connectivity index (χ1) is 13.6. The first-order valence-electron chi connectivity index (χ1n) is 8.66. The Kier molecular flexibility index (Phi) is 6.57. The molecule has 2 aromatic carbocycles. The quantitative estimate of drug-likeness (QED) is 0.626. The maximum absolute atomic E-state index is 12.4. The Bertz CT molecular complexity index is 927. The van der Waals surface area contributed by atoms with Crippen LogP contribution in [0.1, 0.15) is 20.4 Å². The van der Waals surface area contributed by atoms with E-state index in [9.17, 15) is 4.79 Å². The Morgan fingerprint density at radius 1 is 1.04 bits per heavy atom. The molecule has 1 heterocycles. The summed E-state index contributed by atoms with van der Waals surface area (Å²) in [6.45, 7) is 1.34. The van der Waals surface area contributed by atoms with Gasteiger partial charge in [0.05, 0.1) is 20.8 Å². The van der Waals surface area contributed by atoms with Gasteiger partial charge in [0.15, 0.2) is 0 Å². The Morgan fingerprint density at radius 3 is 2.50 bits per heavy atom. The highest BCUT2D eigenvalue weighted by Gasteiger charge is 2.14. The zero-order valence-electron chi connectivity index (χ0n) is 16.0. The van der Waals surface area contributed by atoms with E-state index in [1.165, 1.54) is 11.3 Å². The molecule has 0 aliphatic carbocycles. The van der Waals surface area contributed by atoms with Gasteiger partial charge in [-0.05, 0) is 49.0 Å². The molecule has 1 N–H and O–H groups in total. The smallest absolute Gasteiger partial charge is 0.286 e. The van der Waals surface area contributed by atoms with E-state index in [0.717, 1.165) is 28.6 Å². The van der Waals surface area contributed by atoms with Gasteiger partial charge in [0, 0.05) is 12.2 Å². The van der Waals surface area contributed by atoms with Crippen LogP contribution in [0.25, 0.3) is 0 Å². The largest absolute Gasteiger partial charge is 0.497 e. The van der Waals surface area contributed by atoms with E-state index in [0.29, 0.717) is 17.2 Å². The average Bonchev–Trinajstić information content (AvgIpc) is 3.17. The highest BCUT2D eigenvalue weighted by atomic mass is 32.1. The summed E-state index contributed by atoms with van der Waals surface area (Å²) in [5, 5.41) is 12.1. The van der Waals surface area contributed by atoms with Crippen molar-refractivity contribution in [1.82, 2.24) is 15.1 Å². The minimum atomic E-state index is -0.274. The molecule has 1 amide bonds. The number of nitrogens with one attached hydrogen (secondary N) is 1. The molecule has 0 saturated heterocycles. The van der Waals surface area contributed by atoms with Gasteiger partial charge in [-0.3, -0.25) is 9.69 Å². The number of ether oxygens (including phenoxy) is 2. The van der Waals surface area contributed by atoms with Crippen molar-refractivity contribution in [2.45, 2.75) is 13.1 Å². The summed E-state index contributed by atoms with van der Waals surface area (Å²) in [5.41, 5.74) is 1.82. The van der Waals surface area contributed by atoms with Gasteiger partial charge in [-0.2, -0.15) is 0 Å². The van der Waals surface area contributed by atoms with Gasteiger partial charge in [0.2, 0.25) is 5.01 Å². The normalized spacial score (nSPS) is 10.7. The summed E-state index contributed by atoms with van der Waals surface area (Å²) >= 11 is 1.29. The fraction of sp³-hybridized carbons (Fsp3) is 0.250. The second-order valence-corrected chi connectivity index (χ2v) is 7.27. The summed E-state index contributed by atoms with van der Waals surface area (Å²) in [7, 11) is 5.25. The van der Waals surface area contributed by atoms with Crippen LogP contribution in [0.2, 0.25) is 0 Å². The van der Waals surface area contributed by atoms with Crippen molar-refractivity contribution in [2.75, 3.05) is 26.6 Å². The molecule has 146 valence electrons. The monoisotopic (exact) mass is 398 g/mol. The second kappa shape index (κ2) is 9.29. The highest BCUT2D eigenvalue weighted by molar-refractivity contribution is 7.13. The molecule has 0 atom stereocenters. The lowest BCUT2D eigenvalue weighted by Crippen LogP contribution is -2.17. The number of aromatic nitrogens is 2. The molecular formula is C20H22N4O3S. The lowest BCUT2D eigenvalue weighted by Gasteiger charge is -2.15. The fourth-order valence-electron chi connectivity index (χ4n) is 2.64. The maximum atomic E-state index is 12.4. The van der Waals surface area contributed by atoms with Gasteiger partial charge in [0.25, 0.3) is 5.91 Å². The standard InChI is InChI=1S/C20H22N4O3S/c1-24(12-14-5-4-6-17(11-14)27-3)13-18-22-23-20(28-18)19(25)21-15-7-9-16(26-2)10-8-15/h4-11H,12-13H2,1-3H3,(H,21,25). The minimum Gasteiger partial charge on any atom is -0.497 e. The number of anilines is 1. The van der Waals surface area contributed by atoms with Gasteiger partial charge in [-0.1, -0.05) is 23.5 Å². The molecule has 1 aromatic heterocycles. The number of methoxy groups -OCH3 is 2. The molecule has 3 rings (SSSR count). The molecule has 8 heteroatoms. The molecule has 0 bridgehead atoms. The molecule has 0 radical (unpaired) electrons. The van der Waals surface area contributed by atoms with E-state index in [1.807, 2.05) is 31.3 Å². The zero-order chi connectivity index (χ0) is 19.9. The predicted octanol–water partition coefficient (Wildman–Crippen LogP) is 3.44. The summed E-state index contributed by atoms with van der Waals surface area (Å²) in [6, 6.07) is 15.1. The third-order valence-electron chi connectivity index (χ3n) is 4.00. The van der Waals surface area contributed by atoms with Crippen LogP contribution in [0.3, 0.4) is 0 Å². The van der Waals surface area contributed by atoms with E-state index in [-0.39, 0.29) is 5.91 Å². The van der Waals surface area contributed by atoms with Crippen molar-refractivity contribution in [2.24, 2.45) is 0 Å². The Hall–Kier alpha value is -2.97. The minimum absolute atomic E-state index is 0.274. The number of carbonyl (C=O) groups is 1. The van der Waals surface area contributed by atoms with Crippen molar-refractivity contribution >= 4 is 22.9 Å². The number of amides is 1. The zero-order valence-corrected chi connectivity index (χ0v) is 16.8. The molecule has 28 heavy (non-hydrogen) atoms. The van der Waals surface area contributed by atoms with Gasteiger partial charge in [-0.15, -0.1) is 10.2 Å². The fourth-order valence-corrected chi connectivity index (χ4v) is 3.45. The van der Waals surface area contributed by atoms with Crippen LogP contribution < -0.4 is 14.8 Å². The summed E-state index contributed by atoms with van der Waals surface area (Å²) in [5.74, 6) is 1.29. The third kappa shape index (κ3) is 5.28. The highest BCUT2D eigenvalue weighted by Crippen LogP contribution is 2.19. The van der Waals surface area contributed by atoms with E-state index in [2.05, 4.69) is 20.4 Å². The first-order valence-corrected chi connectivity index (χ1v) is 9.48. The molecule has 0 aliphatic rings. The Labute approximate surface area is 167 Å². The van der Waals surface area contributed by atoms with E-state index in [1.54, 1.807) is 38.5 Å². The lowest BCUT2D eigenvalue weighted by molar-refractivity contribution is 0.102. The molecule has 0 unspecified atom stereocenters. The second-order valence-electron chi connectivity index (χ2n) is 6.21. The van der Waals surface area contributed by atoms with Gasteiger partial charge < -0.3 is 14.8 Å². The van der Waals surface area contributed by atoms with Crippen molar-refractivity contribution in [1.29, 1.82) is 0 Å². The van der Waals surface area contributed by atoms with Crippen molar-refractivity contribution in [3.05, 3.63) is 64.1 Å². The van der Waals surface area contributed by atoms with Crippen LogP contribution in [-0.4, -0.2) is 42.3 Å². The molecule has 3 aromatic rings. The third-order valence-corrected chi connectivity index (χ3v) is 4.91. The first kappa shape index (κ1) is 19.8. The predicted molar refractivity (Wildman–Crippen MR) is 109 cm³/mol. The average molecular weight is 398 g/mol. The van der Waals surface area contributed by atoms with E-state index >= 15 is 0 Å². The molecule has 0 aliphatic heterocycles. The number of hydrogen-bond donors (Lipinski definition) is 1.